The van der Waals surface area contributed by atoms with Crippen LogP contribution < -0.4 is 0 Å². The quantitative estimate of drug-likeness (QED) is 0.250. The fourth-order valence-electron chi connectivity index (χ4n) is 2.94. The minimum absolute atomic E-state index is 1.06. The van der Waals surface area contributed by atoms with Crippen molar-refractivity contribution in [3.05, 3.63) is 0 Å². The third-order valence-corrected chi connectivity index (χ3v) is 5.12. The average Bonchev–Trinajstić information content (AvgIpc) is 2.46. The van der Waals surface area contributed by atoms with E-state index in [1.165, 1.54) is 88.4 Å². The number of hydrogen-bond acceptors (Lipinski definition) is 1. The Labute approximate surface area is 128 Å². The topological polar surface area (TPSA) is 0 Å². The lowest BCUT2D eigenvalue weighted by Crippen LogP contribution is -2.48. The normalized spacial score (nSPS) is 12.0. The van der Waals surface area contributed by atoms with Gasteiger partial charge in [0.25, 0.3) is 0 Å². The summed E-state index contributed by atoms with van der Waals surface area (Å²) in [6.45, 7) is 12.3. The van der Waals surface area contributed by atoms with Crippen LogP contribution in [0.3, 0.4) is 0 Å². The number of hydrogen-bond donors (Lipinski definition) is 1. The molecule has 0 N–H and O–H groups in total. The van der Waals surface area contributed by atoms with Gasteiger partial charge in [-0.1, -0.05) is 38.5 Å². The second-order valence-corrected chi connectivity index (χ2v) is 6.37. The van der Waals surface area contributed by atoms with Gasteiger partial charge in [-0.05, 0) is 45.8 Å². The van der Waals surface area contributed by atoms with Gasteiger partial charge in [0.2, 0.25) is 0 Å². The molecule has 19 heavy (non-hydrogen) atoms. The van der Waals surface area contributed by atoms with E-state index in [1.54, 1.807) is 0 Å². The minimum atomic E-state index is 1.06. The molecule has 0 aliphatic heterocycles. The molecule has 116 valence electrons. The molecule has 0 aliphatic carbocycles. The second kappa shape index (κ2) is 13.3. The van der Waals surface area contributed by atoms with Crippen LogP contribution in [0.25, 0.3) is 0 Å². The largest absolute Gasteiger partial charge is 0.324 e. The number of thiol groups is 1. The van der Waals surface area contributed by atoms with Crippen molar-refractivity contribution >= 4 is 12.6 Å². The van der Waals surface area contributed by atoms with E-state index in [1.807, 2.05) is 0 Å². The van der Waals surface area contributed by atoms with Gasteiger partial charge in [0.15, 0.2) is 0 Å². The summed E-state index contributed by atoms with van der Waals surface area (Å²) in [5.74, 6) is 1.06. The summed E-state index contributed by atoms with van der Waals surface area (Å²) in [4.78, 5) is 0. The number of rotatable bonds is 14. The van der Waals surface area contributed by atoms with E-state index >= 15 is 0 Å². The van der Waals surface area contributed by atoms with Crippen molar-refractivity contribution in [1.82, 2.24) is 0 Å². The fraction of sp³-hybridized carbons (Fsp3) is 1.00. The molecule has 0 saturated carbocycles. The molecule has 0 radical (unpaired) electrons. The molecule has 0 amide bonds. The maximum absolute atomic E-state index is 4.25. The molecule has 0 heterocycles. The van der Waals surface area contributed by atoms with Crippen LogP contribution in [0, 0.1) is 0 Å². The summed E-state index contributed by atoms with van der Waals surface area (Å²) in [5, 5.41) is 0. The molecule has 0 atom stereocenters. The first-order valence-corrected chi connectivity index (χ1v) is 9.33. The molecule has 0 spiro atoms. The molecule has 0 aromatic heterocycles. The van der Waals surface area contributed by atoms with E-state index in [2.05, 4.69) is 33.4 Å². The monoisotopic (exact) mass is 288 g/mol. The van der Waals surface area contributed by atoms with Crippen LogP contribution >= 0.6 is 12.6 Å². The van der Waals surface area contributed by atoms with Crippen molar-refractivity contribution < 1.29 is 4.48 Å². The fourth-order valence-corrected chi connectivity index (χ4v) is 3.17. The van der Waals surface area contributed by atoms with E-state index in [4.69, 9.17) is 0 Å². The Bertz CT molecular complexity index is 170. The lowest BCUT2D eigenvalue weighted by atomic mass is 10.1. The van der Waals surface area contributed by atoms with Crippen LogP contribution in [0.15, 0.2) is 0 Å². The van der Waals surface area contributed by atoms with E-state index in [-0.39, 0.29) is 0 Å². The first-order chi connectivity index (χ1) is 9.24. The summed E-state index contributed by atoms with van der Waals surface area (Å²) in [6, 6.07) is 0. The zero-order valence-electron chi connectivity index (χ0n) is 13.8. The highest BCUT2D eigenvalue weighted by Crippen LogP contribution is 2.13. The first kappa shape index (κ1) is 19.3. The standard InChI is InChI=1S/C17H37NS/c1-4-18(5-2,6-3)16-14-12-10-8-7-9-11-13-15-17-19/h4-17H2,1-3H3/p+1. The van der Waals surface area contributed by atoms with Gasteiger partial charge in [0, 0.05) is 0 Å². The lowest BCUT2D eigenvalue weighted by Gasteiger charge is -2.35. The predicted molar refractivity (Wildman–Crippen MR) is 92.2 cm³/mol. The molecule has 0 saturated heterocycles. The highest BCUT2D eigenvalue weighted by molar-refractivity contribution is 7.80. The van der Waals surface area contributed by atoms with Gasteiger partial charge in [-0.15, -0.1) is 0 Å². The van der Waals surface area contributed by atoms with Crippen molar-refractivity contribution in [3.8, 4) is 0 Å². The van der Waals surface area contributed by atoms with Crippen LogP contribution in [0.5, 0.6) is 0 Å². The van der Waals surface area contributed by atoms with Crippen molar-refractivity contribution in [2.24, 2.45) is 0 Å². The van der Waals surface area contributed by atoms with Gasteiger partial charge in [-0.2, -0.15) is 12.6 Å². The number of unbranched alkanes of at least 4 members (excludes halogenated alkanes) is 8. The van der Waals surface area contributed by atoms with Gasteiger partial charge in [0.05, 0.1) is 26.2 Å². The maximum Gasteiger partial charge on any atom is 0.0786 e. The number of quaternary nitrogens is 1. The Morgan fingerprint density at radius 3 is 1.32 bits per heavy atom. The molecule has 0 unspecified atom stereocenters. The predicted octanol–water partition coefficient (Wildman–Crippen LogP) is 5.30. The molecule has 0 bridgehead atoms. The Hall–Kier alpha value is 0.310. The molecule has 2 heteroatoms. The maximum atomic E-state index is 4.25. The third kappa shape index (κ3) is 9.79. The van der Waals surface area contributed by atoms with Crippen LogP contribution in [0.4, 0.5) is 0 Å². The van der Waals surface area contributed by atoms with Gasteiger partial charge >= 0.3 is 0 Å². The molecule has 1 nitrogen and oxygen atoms in total. The Morgan fingerprint density at radius 1 is 0.579 bits per heavy atom. The molecular formula is C17H38NS+. The molecule has 0 fully saturated rings. The molecule has 0 rings (SSSR count). The molecule has 0 aromatic carbocycles. The van der Waals surface area contributed by atoms with Crippen molar-refractivity contribution in [2.75, 3.05) is 31.9 Å². The van der Waals surface area contributed by atoms with Crippen molar-refractivity contribution in [3.63, 3.8) is 0 Å². The molecular weight excluding hydrogens is 250 g/mol. The van der Waals surface area contributed by atoms with Crippen LogP contribution in [0.1, 0.15) is 78.6 Å². The molecule has 0 aromatic rings. The van der Waals surface area contributed by atoms with Crippen LogP contribution in [-0.2, 0) is 0 Å². The Balaban J connectivity index is 3.35. The Morgan fingerprint density at radius 2 is 0.947 bits per heavy atom. The summed E-state index contributed by atoms with van der Waals surface area (Å²) < 4.78 is 1.32. The van der Waals surface area contributed by atoms with Gasteiger partial charge < -0.3 is 4.48 Å². The van der Waals surface area contributed by atoms with Crippen LogP contribution in [-0.4, -0.2) is 36.4 Å². The average molecular weight is 289 g/mol. The van der Waals surface area contributed by atoms with Gasteiger partial charge in [-0.25, -0.2) is 0 Å². The Kier molecular flexibility index (Phi) is 13.5. The second-order valence-electron chi connectivity index (χ2n) is 5.92. The number of nitrogens with zero attached hydrogens (tertiary/aromatic N) is 1. The smallest absolute Gasteiger partial charge is 0.0786 e. The summed E-state index contributed by atoms with van der Waals surface area (Å²) >= 11 is 4.25. The highest BCUT2D eigenvalue weighted by Gasteiger charge is 2.19. The minimum Gasteiger partial charge on any atom is -0.324 e. The van der Waals surface area contributed by atoms with E-state index in [0.717, 1.165) is 5.75 Å². The summed E-state index contributed by atoms with van der Waals surface area (Å²) in [6.07, 6.45) is 12.7. The lowest BCUT2D eigenvalue weighted by molar-refractivity contribution is -0.923. The van der Waals surface area contributed by atoms with Crippen LogP contribution in [0.2, 0.25) is 0 Å². The first-order valence-electron chi connectivity index (χ1n) is 8.70. The van der Waals surface area contributed by atoms with Crippen molar-refractivity contribution in [1.29, 1.82) is 0 Å². The zero-order chi connectivity index (χ0) is 14.4. The third-order valence-electron chi connectivity index (χ3n) is 4.80. The summed E-state index contributed by atoms with van der Waals surface area (Å²) in [7, 11) is 0. The molecule has 0 aliphatic rings. The van der Waals surface area contributed by atoms with E-state index < -0.39 is 0 Å². The SMILES string of the molecule is CC[N+](CC)(CC)CCCCCCCCCCCS. The zero-order valence-corrected chi connectivity index (χ0v) is 14.7. The van der Waals surface area contributed by atoms with Gasteiger partial charge in [0.1, 0.15) is 0 Å². The highest BCUT2D eigenvalue weighted by atomic mass is 32.1. The summed E-state index contributed by atoms with van der Waals surface area (Å²) in [5.41, 5.74) is 0. The van der Waals surface area contributed by atoms with E-state index in [0.29, 0.717) is 0 Å². The van der Waals surface area contributed by atoms with E-state index in [9.17, 15) is 0 Å². The van der Waals surface area contributed by atoms with Crippen molar-refractivity contribution in [2.45, 2.75) is 78.6 Å². The van der Waals surface area contributed by atoms with Gasteiger partial charge in [-0.3, -0.25) is 0 Å².